The van der Waals surface area contributed by atoms with Crippen LogP contribution in [0.25, 0.3) is 0 Å². The molecule has 0 saturated heterocycles. The predicted molar refractivity (Wildman–Crippen MR) is 244 cm³/mol. The second-order valence-electron chi connectivity index (χ2n) is 17.0. The number of amides is 9. The molecule has 2 rings (SSSR count). The number of aliphatic carboxylic acids is 2. The number of nitrogens with two attached hydrogens (primary N) is 2. The fraction of sp³-hybridized carbons (Fsp3) is 0.535. The second-order valence-corrected chi connectivity index (χ2v) is 17.0. The fourth-order valence-electron chi connectivity index (χ4n) is 6.55. The second kappa shape index (κ2) is 28.7. The van der Waals surface area contributed by atoms with Crippen molar-refractivity contribution in [2.75, 3.05) is 13.2 Å². The van der Waals surface area contributed by atoms with Crippen LogP contribution in [0.5, 0.6) is 0 Å². The Labute approximate surface area is 401 Å². The monoisotopic (exact) mass is 988 g/mol. The summed E-state index contributed by atoms with van der Waals surface area (Å²) in [4.78, 5) is 149. The number of hydrogen-bond donors (Lipinski definition) is 15. The van der Waals surface area contributed by atoms with Crippen molar-refractivity contribution in [3.05, 3.63) is 54.1 Å². The van der Waals surface area contributed by atoms with E-state index in [1.165, 1.54) is 12.5 Å². The Balaban J connectivity index is 2.41. The largest absolute Gasteiger partial charge is 0.481 e. The highest BCUT2D eigenvalue weighted by Gasteiger charge is 2.36. The van der Waals surface area contributed by atoms with Gasteiger partial charge in [0, 0.05) is 24.7 Å². The van der Waals surface area contributed by atoms with E-state index >= 15 is 0 Å². The first kappa shape index (κ1) is 58.6. The van der Waals surface area contributed by atoms with Gasteiger partial charge in [0.2, 0.25) is 53.2 Å². The van der Waals surface area contributed by atoms with Crippen molar-refractivity contribution in [2.24, 2.45) is 23.3 Å². The zero-order valence-corrected chi connectivity index (χ0v) is 39.2. The lowest BCUT2D eigenvalue weighted by molar-refractivity contribution is -0.140. The molecule has 0 aliphatic heterocycles. The Hall–Kier alpha value is -7.52. The number of aliphatic hydroxyl groups is 2. The molecular formula is C43H64N12O15. The summed E-state index contributed by atoms with van der Waals surface area (Å²) in [6.45, 7) is 5.73. The molecule has 0 aliphatic rings. The molecule has 1 aromatic carbocycles. The molecule has 17 N–H and O–H groups in total. The molecule has 0 radical (unpaired) electrons. The van der Waals surface area contributed by atoms with Crippen molar-refractivity contribution >= 4 is 65.1 Å². The van der Waals surface area contributed by atoms with Crippen LogP contribution in [0.3, 0.4) is 0 Å². The van der Waals surface area contributed by atoms with E-state index in [1.807, 2.05) is 5.32 Å². The van der Waals surface area contributed by atoms with Gasteiger partial charge in [0.15, 0.2) is 0 Å². The van der Waals surface area contributed by atoms with Gasteiger partial charge >= 0.3 is 11.9 Å². The number of carbonyl (C=O) groups is 11. The first-order valence-electron chi connectivity index (χ1n) is 22.0. The summed E-state index contributed by atoms with van der Waals surface area (Å²) < 4.78 is 0. The highest BCUT2D eigenvalue weighted by Crippen LogP contribution is 2.11. The Kier molecular flexibility index (Phi) is 24.0. The van der Waals surface area contributed by atoms with Crippen molar-refractivity contribution in [3.8, 4) is 0 Å². The fourth-order valence-corrected chi connectivity index (χ4v) is 6.55. The third-order valence-electron chi connectivity index (χ3n) is 10.2. The van der Waals surface area contributed by atoms with E-state index in [0.717, 1.165) is 6.92 Å². The zero-order valence-electron chi connectivity index (χ0n) is 39.2. The molecule has 0 aliphatic carbocycles. The molecule has 27 heteroatoms. The van der Waals surface area contributed by atoms with Crippen molar-refractivity contribution in [1.29, 1.82) is 0 Å². The van der Waals surface area contributed by atoms with Crippen LogP contribution in [-0.2, 0) is 65.6 Å². The maximum Gasteiger partial charge on any atom is 0.322 e. The number of H-pyrrole nitrogens is 1. The quantitative estimate of drug-likeness (QED) is 0.0347. The minimum atomic E-state index is -1.85. The summed E-state index contributed by atoms with van der Waals surface area (Å²) in [6.07, 6.45) is -1.02. The number of aliphatic hydroxyl groups excluding tert-OH is 2. The number of carboxylic acid groups (broad SMARTS) is 2. The van der Waals surface area contributed by atoms with Gasteiger partial charge in [0.25, 0.3) is 0 Å². The number of imidazole rings is 1. The number of nitrogens with one attached hydrogen (secondary N) is 9. The number of benzene rings is 1. The summed E-state index contributed by atoms with van der Waals surface area (Å²) in [7, 11) is 0. The van der Waals surface area contributed by atoms with Gasteiger partial charge in [-0.05, 0) is 30.7 Å². The molecule has 0 bridgehead atoms. The van der Waals surface area contributed by atoms with Gasteiger partial charge in [-0.2, -0.15) is 0 Å². The molecule has 2 aromatic rings. The molecule has 9 amide bonds. The predicted octanol–water partition coefficient (Wildman–Crippen LogP) is -5.46. The summed E-state index contributed by atoms with van der Waals surface area (Å²) in [5.74, 6) is -13.0. The van der Waals surface area contributed by atoms with Crippen molar-refractivity contribution in [2.45, 2.75) is 121 Å². The van der Waals surface area contributed by atoms with E-state index < -0.39 is 151 Å². The lowest BCUT2D eigenvalue weighted by Crippen LogP contribution is -2.62. The number of aromatic amines is 1. The van der Waals surface area contributed by atoms with Crippen LogP contribution in [0.2, 0.25) is 0 Å². The van der Waals surface area contributed by atoms with Gasteiger partial charge in [0.1, 0.15) is 48.8 Å². The first-order valence-corrected chi connectivity index (χ1v) is 22.0. The molecule has 70 heavy (non-hydrogen) atoms. The number of carboxylic acids is 2. The molecular weight excluding hydrogens is 925 g/mol. The summed E-state index contributed by atoms with van der Waals surface area (Å²) in [6, 6.07) is -4.47. The van der Waals surface area contributed by atoms with Gasteiger partial charge in [-0.3, -0.25) is 52.7 Å². The minimum absolute atomic E-state index is 0.0770. The van der Waals surface area contributed by atoms with E-state index in [-0.39, 0.29) is 25.2 Å². The average Bonchev–Trinajstić information content (AvgIpc) is 3.79. The molecule has 386 valence electrons. The molecule has 0 fully saturated rings. The van der Waals surface area contributed by atoms with Crippen LogP contribution < -0.4 is 54.0 Å². The maximum atomic E-state index is 14.2. The molecule has 0 unspecified atom stereocenters. The summed E-state index contributed by atoms with van der Waals surface area (Å²) in [5, 5.41) is 57.1. The molecule has 27 nitrogen and oxygen atoms in total. The van der Waals surface area contributed by atoms with E-state index in [4.69, 9.17) is 21.7 Å². The molecule has 1 heterocycles. The van der Waals surface area contributed by atoms with Gasteiger partial charge in [-0.1, -0.05) is 58.0 Å². The third-order valence-corrected chi connectivity index (χ3v) is 10.2. The third kappa shape index (κ3) is 20.4. The van der Waals surface area contributed by atoms with Gasteiger partial charge in [0.05, 0.1) is 37.9 Å². The van der Waals surface area contributed by atoms with Crippen LogP contribution >= 0.6 is 0 Å². The number of carbonyl (C=O) groups excluding carboxylic acids is 9. The van der Waals surface area contributed by atoms with Gasteiger partial charge in [-0.15, -0.1) is 0 Å². The lowest BCUT2D eigenvalue weighted by Gasteiger charge is -2.28. The topological polar surface area (TPSA) is 446 Å². The smallest absolute Gasteiger partial charge is 0.322 e. The first-order chi connectivity index (χ1) is 32.8. The standard InChI is InChI=1S/C43H64N12O15/c1-20(2)11-26(40(67)55-35(22(5)57)42(69)47-17-33(61)62)49-41(68)30(18-56)53-39(66)29(15-31(45)58)51-37(64)27(12-23-9-7-6-8-10-23)50-38(65)28(13-24-16-46-19-48-24)52-43(70)34(21(3)4)54-36(63)25(44)14-32(59)60/h6-10,16,19-22,25-30,34-35,56-57H,11-15,17-18,44H2,1-5H3,(H2,45,58)(H,46,48)(H,47,69)(H,49,68)(H,50,65)(H,51,64)(H,52,70)(H,53,66)(H,54,63)(H,55,67)(H,59,60)(H,61,62)/t22-,25+,26+,27+,28+,29+,30+,34+,35+/m1/s1. The summed E-state index contributed by atoms with van der Waals surface area (Å²) in [5.41, 5.74) is 12.0. The van der Waals surface area contributed by atoms with E-state index in [9.17, 15) is 63.0 Å². The van der Waals surface area contributed by atoms with Crippen molar-refractivity contribution in [3.63, 3.8) is 0 Å². The van der Waals surface area contributed by atoms with Crippen LogP contribution in [-0.4, -0.2) is 163 Å². The molecule has 9 atom stereocenters. The Morgan fingerprint density at radius 3 is 1.64 bits per heavy atom. The number of primary amides is 1. The van der Waals surface area contributed by atoms with E-state index in [2.05, 4.69) is 47.2 Å². The number of rotatable bonds is 30. The van der Waals surface area contributed by atoms with Crippen LogP contribution in [0.15, 0.2) is 42.9 Å². The van der Waals surface area contributed by atoms with Crippen molar-refractivity contribution < 1.29 is 73.2 Å². The molecule has 0 saturated carbocycles. The van der Waals surface area contributed by atoms with Crippen molar-refractivity contribution in [1.82, 2.24) is 52.5 Å². The number of hydrogen-bond acceptors (Lipinski definition) is 15. The maximum absolute atomic E-state index is 14.2. The highest BCUT2D eigenvalue weighted by molar-refractivity contribution is 5.99. The minimum Gasteiger partial charge on any atom is -0.481 e. The average molecular weight is 989 g/mol. The Morgan fingerprint density at radius 2 is 1.13 bits per heavy atom. The summed E-state index contributed by atoms with van der Waals surface area (Å²) >= 11 is 0. The van der Waals surface area contributed by atoms with E-state index in [0.29, 0.717) is 11.3 Å². The Bertz CT molecular complexity index is 2140. The Morgan fingerprint density at radius 1 is 0.614 bits per heavy atom. The van der Waals surface area contributed by atoms with Crippen LogP contribution in [0, 0.1) is 11.8 Å². The number of nitrogens with zero attached hydrogens (tertiary/aromatic N) is 1. The molecule has 1 aromatic heterocycles. The van der Waals surface area contributed by atoms with Gasteiger partial charge < -0.3 is 79.4 Å². The number of aromatic nitrogens is 2. The van der Waals surface area contributed by atoms with E-state index in [1.54, 1.807) is 58.0 Å². The zero-order chi connectivity index (χ0) is 52.8. The lowest BCUT2D eigenvalue weighted by atomic mass is 10.0. The normalized spacial score (nSPS) is 14.9. The van der Waals surface area contributed by atoms with Gasteiger partial charge in [-0.25, -0.2) is 4.98 Å². The van der Waals surface area contributed by atoms with Crippen LogP contribution in [0.4, 0.5) is 0 Å². The molecule has 0 spiro atoms. The SMILES string of the molecule is CC(C)C[C@H](NC(=O)[C@H](CO)NC(=O)[C@H](CC(N)=O)NC(=O)[C@H](Cc1ccccc1)NC(=O)[C@H](Cc1cnc[nH]1)NC(=O)[C@@H](NC(=O)[C@@H](N)CC(=O)O)C(C)C)C(=O)N[C@H](C(=O)NCC(=O)O)[C@@H](C)O. The van der Waals surface area contributed by atoms with Crippen LogP contribution in [0.1, 0.15) is 65.1 Å². The highest BCUT2D eigenvalue weighted by atomic mass is 16.4.